The van der Waals surface area contributed by atoms with Crippen molar-refractivity contribution in [2.24, 2.45) is 5.41 Å². The van der Waals surface area contributed by atoms with Crippen LogP contribution < -0.4 is 15.4 Å². The van der Waals surface area contributed by atoms with Crippen LogP contribution in [0.2, 0.25) is 5.02 Å². The minimum atomic E-state index is -5.05. The van der Waals surface area contributed by atoms with Crippen LogP contribution in [0, 0.1) is 18.2 Å². The summed E-state index contributed by atoms with van der Waals surface area (Å²) in [5, 5.41) is -0.412. The van der Waals surface area contributed by atoms with Gasteiger partial charge < -0.3 is 25.2 Å². The molecule has 1 aromatic carbocycles. The lowest BCUT2D eigenvalue weighted by Gasteiger charge is -2.44. The summed E-state index contributed by atoms with van der Waals surface area (Å²) in [6.07, 6.45) is -4.63. The molecule has 1 amide bonds. The number of ether oxygens (including phenoxy) is 1. The Kier molecular flexibility index (Phi) is 8.51. The third-order valence-corrected chi connectivity index (χ3v) is 11.2. The Bertz CT molecular complexity index is 1840. The number of pyridine rings is 1. The summed E-state index contributed by atoms with van der Waals surface area (Å²) in [5.41, 5.74) is 2.24. The SMILES string of the molecule is Cc1cc(N)nc(-c2c(Cl)cc3c(N4CC5CCC(C4)N5C(=O)C(F)(F)F)nc(OC[C@]45CCC[C@H]4N(C)CCC5)nc3c2F)c1C(F)(F)F. The molecule has 7 rings (SSSR count). The fourth-order valence-electron chi connectivity index (χ4n) is 8.86. The number of hydrogen-bond donors (Lipinski definition) is 1. The van der Waals surface area contributed by atoms with Gasteiger partial charge in [-0.25, -0.2) is 9.37 Å². The van der Waals surface area contributed by atoms with Crippen molar-refractivity contribution in [1.82, 2.24) is 24.8 Å². The van der Waals surface area contributed by atoms with Gasteiger partial charge in [0.25, 0.3) is 0 Å². The molecule has 0 radical (unpaired) electrons. The number of hydrogen-bond acceptors (Lipinski definition) is 8. The van der Waals surface area contributed by atoms with Crippen molar-refractivity contribution in [2.45, 2.75) is 82.3 Å². The predicted octanol–water partition coefficient (Wildman–Crippen LogP) is 6.78. The molecule has 1 saturated carbocycles. The quantitative estimate of drug-likeness (QED) is 0.287. The number of piperazine rings is 1. The van der Waals surface area contributed by atoms with Gasteiger partial charge in [-0.2, -0.15) is 36.3 Å². The Morgan fingerprint density at radius 2 is 1.72 bits per heavy atom. The van der Waals surface area contributed by atoms with Crippen LogP contribution in [0.15, 0.2) is 12.1 Å². The molecular weight excluding hydrogens is 695 g/mol. The van der Waals surface area contributed by atoms with E-state index in [0.29, 0.717) is 12.8 Å². The molecule has 1 aliphatic carbocycles. The number of aromatic nitrogens is 3. The summed E-state index contributed by atoms with van der Waals surface area (Å²) in [6.45, 7) is 2.22. The first-order valence-corrected chi connectivity index (χ1v) is 16.9. The molecule has 270 valence electrons. The van der Waals surface area contributed by atoms with Gasteiger partial charge >= 0.3 is 24.3 Å². The Morgan fingerprint density at radius 3 is 2.38 bits per heavy atom. The number of anilines is 2. The molecule has 3 aromatic rings. The van der Waals surface area contributed by atoms with Crippen LogP contribution in [0.3, 0.4) is 0 Å². The van der Waals surface area contributed by atoms with E-state index in [1.165, 1.54) is 13.0 Å². The zero-order valence-corrected chi connectivity index (χ0v) is 28.0. The lowest BCUT2D eigenvalue weighted by Crippen LogP contribution is -2.59. The molecule has 2 aromatic heterocycles. The third kappa shape index (κ3) is 5.85. The molecule has 4 fully saturated rings. The molecule has 9 nitrogen and oxygen atoms in total. The molecule has 4 atom stereocenters. The maximum Gasteiger partial charge on any atom is 0.471 e. The lowest BCUT2D eigenvalue weighted by atomic mass is 9.76. The standard InChI is InChI=1S/C33H35ClF7N7O2/c1-16-11-22(42)43-27(24(16)32(36,37)38)23-20(34)12-19-26(25(23)35)44-30(50-15-31-8-3-5-21(31)46(2)10-4-9-31)45-28(19)47-13-17-6-7-18(14-47)48(17)29(49)33(39,40)41/h11-12,17-18,21H,3-10,13-15H2,1-2H3,(H2,42,43)/t17?,18?,21-,31-/m1/s1. The minimum Gasteiger partial charge on any atom is -0.463 e. The summed E-state index contributed by atoms with van der Waals surface area (Å²) < 4.78 is 106. The van der Waals surface area contributed by atoms with Crippen molar-refractivity contribution in [3.63, 3.8) is 0 Å². The Balaban J connectivity index is 1.35. The number of likely N-dealkylation sites (tertiary alicyclic amines) is 1. The Hall–Kier alpha value is -3.66. The Labute approximate surface area is 287 Å². The van der Waals surface area contributed by atoms with Crippen LogP contribution in [0.4, 0.5) is 42.4 Å². The highest BCUT2D eigenvalue weighted by Gasteiger charge is 2.52. The van der Waals surface area contributed by atoms with Gasteiger partial charge in [0.15, 0.2) is 5.82 Å². The van der Waals surface area contributed by atoms with Gasteiger partial charge in [0.2, 0.25) is 0 Å². The normalized spacial score (nSPS) is 25.8. The van der Waals surface area contributed by atoms with E-state index < -0.39 is 63.5 Å². The molecule has 5 heterocycles. The molecule has 0 spiro atoms. The molecular formula is C33H35ClF7N7O2. The average Bonchev–Trinajstić information content (AvgIpc) is 3.57. The van der Waals surface area contributed by atoms with Gasteiger partial charge in [0.05, 0.1) is 40.5 Å². The first kappa shape index (κ1) is 34.8. The van der Waals surface area contributed by atoms with E-state index in [0.717, 1.165) is 49.6 Å². The maximum absolute atomic E-state index is 16.8. The van der Waals surface area contributed by atoms with Crippen molar-refractivity contribution >= 4 is 40.0 Å². The molecule has 50 heavy (non-hydrogen) atoms. The molecule has 17 heteroatoms. The average molecular weight is 730 g/mol. The number of nitrogens with two attached hydrogens (primary N) is 1. The largest absolute Gasteiger partial charge is 0.471 e. The molecule has 4 aliphatic rings. The van der Waals surface area contributed by atoms with E-state index in [1.807, 2.05) is 0 Å². The molecule has 2 unspecified atom stereocenters. The Morgan fingerprint density at radius 1 is 1.04 bits per heavy atom. The number of halogens is 8. The number of nitrogens with zero attached hydrogens (tertiary/aromatic N) is 6. The van der Waals surface area contributed by atoms with Crippen LogP contribution in [0.1, 0.15) is 56.1 Å². The monoisotopic (exact) mass is 729 g/mol. The second-order valence-electron chi connectivity index (χ2n) is 14.0. The predicted molar refractivity (Wildman–Crippen MR) is 171 cm³/mol. The van der Waals surface area contributed by atoms with E-state index in [4.69, 9.17) is 22.1 Å². The number of carbonyl (C=O) groups excluding carboxylic acids is 1. The number of amides is 1. The number of benzene rings is 1. The van der Waals surface area contributed by atoms with E-state index in [2.05, 4.69) is 26.9 Å². The summed E-state index contributed by atoms with van der Waals surface area (Å²) in [7, 11) is 2.06. The van der Waals surface area contributed by atoms with E-state index in [1.54, 1.807) is 4.90 Å². The van der Waals surface area contributed by atoms with E-state index in [9.17, 15) is 31.1 Å². The second-order valence-corrected chi connectivity index (χ2v) is 14.4. The van der Waals surface area contributed by atoms with Crippen molar-refractivity contribution in [3.8, 4) is 17.3 Å². The molecule has 3 saturated heterocycles. The van der Waals surface area contributed by atoms with Gasteiger partial charge in [0.1, 0.15) is 17.2 Å². The lowest BCUT2D eigenvalue weighted by molar-refractivity contribution is -0.188. The highest BCUT2D eigenvalue weighted by atomic mass is 35.5. The third-order valence-electron chi connectivity index (χ3n) is 10.9. The number of fused-ring (bicyclic) bond motifs is 4. The number of rotatable bonds is 5. The van der Waals surface area contributed by atoms with Gasteiger partial charge in [-0.15, -0.1) is 0 Å². The minimum absolute atomic E-state index is 0.0158. The molecule has 2 bridgehead atoms. The van der Waals surface area contributed by atoms with E-state index in [-0.39, 0.29) is 59.7 Å². The topological polar surface area (TPSA) is 101 Å². The van der Waals surface area contributed by atoms with Crippen molar-refractivity contribution < 1.29 is 40.3 Å². The number of carbonyl (C=O) groups is 1. The van der Waals surface area contributed by atoms with Gasteiger partial charge in [-0.3, -0.25) is 4.79 Å². The maximum atomic E-state index is 16.8. The number of piperidine rings is 1. The number of alkyl halides is 6. The van der Waals surface area contributed by atoms with E-state index >= 15 is 4.39 Å². The second kappa shape index (κ2) is 12.2. The highest BCUT2D eigenvalue weighted by Crippen LogP contribution is 2.49. The summed E-state index contributed by atoms with van der Waals surface area (Å²) in [6, 6.07) is 0.671. The first-order chi connectivity index (χ1) is 23.5. The van der Waals surface area contributed by atoms with Crippen molar-refractivity contribution in [1.29, 1.82) is 0 Å². The molecule has 2 N–H and O–H groups in total. The first-order valence-electron chi connectivity index (χ1n) is 16.5. The molecule has 3 aliphatic heterocycles. The van der Waals surface area contributed by atoms with Gasteiger partial charge in [-0.1, -0.05) is 18.0 Å². The van der Waals surface area contributed by atoms with Crippen LogP contribution >= 0.6 is 11.6 Å². The van der Waals surface area contributed by atoms with Gasteiger partial charge in [0, 0.05) is 29.9 Å². The van der Waals surface area contributed by atoms with Crippen LogP contribution in [0.25, 0.3) is 22.2 Å². The fourth-order valence-corrected chi connectivity index (χ4v) is 9.14. The zero-order chi connectivity index (χ0) is 35.9. The van der Waals surface area contributed by atoms with Gasteiger partial charge in [-0.05, 0) is 76.7 Å². The van der Waals surface area contributed by atoms with Crippen molar-refractivity contribution in [2.75, 3.05) is 43.9 Å². The van der Waals surface area contributed by atoms with Crippen molar-refractivity contribution in [3.05, 3.63) is 34.1 Å². The number of aryl methyl sites for hydroxylation is 1. The summed E-state index contributed by atoms with van der Waals surface area (Å²) in [4.78, 5) is 30.0. The number of nitrogen functional groups attached to an aromatic ring is 1. The summed E-state index contributed by atoms with van der Waals surface area (Å²) >= 11 is 6.57. The van der Waals surface area contributed by atoms with Crippen LogP contribution in [-0.2, 0) is 11.0 Å². The van der Waals surface area contributed by atoms with Crippen LogP contribution in [0.5, 0.6) is 6.01 Å². The van der Waals surface area contributed by atoms with Crippen LogP contribution in [-0.4, -0.2) is 88.2 Å². The highest BCUT2D eigenvalue weighted by molar-refractivity contribution is 6.34. The summed E-state index contributed by atoms with van der Waals surface area (Å²) in [5.74, 6) is -3.33. The smallest absolute Gasteiger partial charge is 0.463 e. The zero-order valence-electron chi connectivity index (χ0n) is 27.3. The fraction of sp³-hybridized carbons (Fsp3) is 0.576.